The quantitative estimate of drug-likeness (QED) is 0.585. The number of hydrogen-bond donors (Lipinski definition) is 0. The first-order valence-corrected chi connectivity index (χ1v) is 9.48. The van der Waals surface area contributed by atoms with Gasteiger partial charge < -0.3 is 9.47 Å². The fraction of sp³-hybridized carbons (Fsp3) is 0.333. The number of ether oxygens (including phenoxy) is 2. The lowest BCUT2D eigenvalue weighted by Crippen LogP contribution is -2.34. The van der Waals surface area contributed by atoms with E-state index in [2.05, 4.69) is 0 Å². The van der Waals surface area contributed by atoms with Gasteiger partial charge in [0.25, 0.3) is 5.69 Å². The Balaban J connectivity index is 1.91. The fourth-order valence-corrected chi connectivity index (χ4v) is 3.72. The van der Waals surface area contributed by atoms with Crippen LogP contribution in [0.15, 0.2) is 35.4 Å². The lowest BCUT2D eigenvalue weighted by molar-refractivity contribution is -0.385. The van der Waals surface area contributed by atoms with Crippen LogP contribution >= 0.6 is 0 Å². The van der Waals surface area contributed by atoms with Crippen molar-refractivity contribution < 1.29 is 19.2 Å². The van der Waals surface area contributed by atoms with E-state index in [1.807, 2.05) is 19.1 Å². The van der Waals surface area contributed by atoms with Crippen LogP contribution in [0, 0.1) is 17.0 Å². The molecule has 1 unspecified atom stereocenters. The average Bonchev–Trinajstić information content (AvgIpc) is 3.09. The van der Waals surface area contributed by atoms with Crippen LogP contribution in [-0.4, -0.2) is 34.4 Å². The lowest BCUT2D eigenvalue weighted by Gasteiger charge is -2.22. The highest BCUT2D eigenvalue weighted by Gasteiger charge is 2.29. The first-order valence-electron chi connectivity index (χ1n) is 9.48. The molecule has 0 saturated carbocycles. The zero-order valence-electron chi connectivity index (χ0n) is 16.5. The molecule has 2 aromatic carbocycles. The van der Waals surface area contributed by atoms with Crippen LogP contribution in [0.1, 0.15) is 42.5 Å². The predicted molar refractivity (Wildman–Crippen MR) is 106 cm³/mol. The smallest absolute Gasteiger partial charge is 0.272 e. The van der Waals surface area contributed by atoms with Crippen LogP contribution in [0.4, 0.5) is 5.69 Å². The van der Waals surface area contributed by atoms with Gasteiger partial charge in [0.05, 0.1) is 16.7 Å². The molecule has 0 N–H and O–H groups in total. The Kier molecular flexibility index (Phi) is 4.70. The summed E-state index contributed by atoms with van der Waals surface area (Å²) in [5, 5.41) is 17.4. The van der Waals surface area contributed by atoms with Gasteiger partial charge in [-0.15, -0.1) is 0 Å². The van der Waals surface area contributed by atoms with Gasteiger partial charge in [0.2, 0.25) is 12.7 Å². The zero-order valence-corrected chi connectivity index (χ0v) is 16.5. The van der Waals surface area contributed by atoms with Gasteiger partial charge in [-0.2, -0.15) is 5.10 Å². The van der Waals surface area contributed by atoms with Crippen LogP contribution in [0.2, 0.25) is 0 Å². The molecule has 2 heterocycles. The number of hydrogen-bond acceptors (Lipinski definition) is 6. The van der Waals surface area contributed by atoms with Gasteiger partial charge >= 0.3 is 0 Å². The molecule has 0 radical (unpaired) electrons. The third kappa shape index (κ3) is 3.30. The molecule has 29 heavy (non-hydrogen) atoms. The van der Waals surface area contributed by atoms with Gasteiger partial charge in [0.1, 0.15) is 0 Å². The van der Waals surface area contributed by atoms with Crippen LogP contribution < -0.4 is 9.47 Å². The van der Waals surface area contributed by atoms with Crippen molar-refractivity contribution >= 4 is 17.3 Å². The summed E-state index contributed by atoms with van der Waals surface area (Å²) in [4.78, 5) is 23.3. The molecule has 0 aromatic heterocycles. The van der Waals surface area contributed by atoms with E-state index in [-0.39, 0.29) is 24.4 Å². The largest absolute Gasteiger partial charge is 0.454 e. The maximum Gasteiger partial charge on any atom is 0.272 e. The van der Waals surface area contributed by atoms with E-state index in [0.29, 0.717) is 41.2 Å². The van der Waals surface area contributed by atoms with Gasteiger partial charge in [0, 0.05) is 29.2 Å². The number of carbonyl (C=O) groups is 1. The number of nitro groups is 1. The first-order chi connectivity index (χ1) is 13.9. The second kappa shape index (κ2) is 7.20. The molecule has 1 atom stereocenters. The highest BCUT2D eigenvalue weighted by atomic mass is 16.7. The Bertz CT molecular complexity index is 1050. The molecule has 150 valence electrons. The lowest BCUT2D eigenvalue weighted by atomic mass is 9.93. The molecule has 0 fully saturated rings. The van der Waals surface area contributed by atoms with E-state index in [9.17, 15) is 14.9 Å². The van der Waals surface area contributed by atoms with Gasteiger partial charge in [-0.05, 0) is 50.1 Å². The van der Waals surface area contributed by atoms with E-state index < -0.39 is 4.92 Å². The van der Waals surface area contributed by atoms with Gasteiger partial charge in [0.15, 0.2) is 11.5 Å². The second-order valence-electron chi connectivity index (χ2n) is 7.21. The van der Waals surface area contributed by atoms with Crippen LogP contribution in [0.5, 0.6) is 11.5 Å². The minimum absolute atomic E-state index is 0.0451. The number of rotatable bonds is 3. The Morgan fingerprint density at radius 2 is 2.00 bits per heavy atom. The number of carbonyl (C=O) groups excluding carboxylic acids is 1. The molecule has 2 aliphatic rings. The Labute approximate surface area is 167 Å². The Morgan fingerprint density at radius 3 is 2.66 bits per heavy atom. The van der Waals surface area contributed by atoms with Crippen LogP contribution in [-0.2, 0) is 11.2 Å². The summed E-state index contributed by atoms with van der Waals surface area (Å²) in [6, 6.07) is 8.54. The van der Waals surface area contributed by atoms with E-state index in [1.54, 1.807) is 26.0 Å². The van der Waals surface area contributed by atoms with Gasteiger partial charge in [-0.25, -0.2) is 5.01 Å². The molecule has 0 bridgehead atoms. The van der Waals surface area contributed by atoms with E-state index in [1.165, 1.54) is 11.1 Å². The first kappa shape index (κ1) is 18.9. The standard InChI is InChI=1S/C21H21N3O5/c1-4-20(25)23-13(3)8-15-9-18-19(29-11-28-18)10-16(15)21(22-23)14-5-6-17(24(26)27)12(2)7-14/h5-7,9-10,13H,4,8,11H2,1-3H3. The van der Waals surface area contributed by atoms with Crippen molar-refractivity contribution in [2.75, 3.05) is 6.79 Å². The van der Waals surface area contributed by atoms with Crippen molar-refractivity contribution in [2.45, 2.75) is 39.7 Å². The normalized spacial score (nSPS) is 17.4. The summed E-state index contributed by atoms with van der Waals surface area (Å²) in [5.41, 5.74) is 3.69. The Morgan fingerprint density at radius 1 is 1.28 bits per heavy atom. The number of benzene rings is 2. The molecule has 8 nitrogen and oxygen atoms in total. The van der Waals surface area contributed by atoms with Crippen molar-refractivity contribution in [1.29, 1.82) is 0 Å². The summed E-state index contributed by atoms with van der Waals surface area (Å²) in [7, 11) is 0. The summed E-state index contributed by atoms with van der Waals surface area (Å²) < 4.78 is 11.1. The van der Waals surface area contributed by atoms with Crippen molar-refractivity contribution in [1.82, 2.24) is 5.01 Å². The average molecular weight is 395 g/mol. The predicted octanol–water partition coefficient (Wildman–Crippen LogP) is 3.57. The van der Waals surface area contributed by atoms with Crippen molar-refractivity contribution in [3.63, 3.8) is 0 Å². The molecule has 8 heteroatoms. The maximum absolute atomic E-state index is 12.5. The van der Waals surface area contributed by atoms with Gasteiger partial charge in [-0.3, -0.25) is 14.9 Å². The number of nitro benzene ring substituents is 1. The third-order valence-corrected chi connectivity index (χ3v) is 5.22. The minimum Gasteiger partial charge on any atom is -0.454 e. The number of hydrazone groups is 1. The van der Waals surface area contributed by atoms with E-state index in [0.717, 1.165) is 11.1 Å². The molecule has 0 spiro atoms. The Hall–Kier alpha value is -3.42. The monoisotopic (exact) mass is 395 g/mol. The van der Waals surface area contributed by atoms with E-state index in [4.69, 9.17) is 14.6 Å². The van der Waals surface area contributed by atoms with Crippen molar-refractivity contribution in [2.24, 2.45) is 5.10 Å². The SMILES string of the molecule is CCC(=O)N1N=C(c2ccc([N+](=O)[O-])c(C)c2)c2cc3c(cc2CC1C)OCO3. The third-order valence-electron chi connectivity index (χ3n) is 5.22. The zero-order chi connectivity index (χ0) is 20.7. The topological polar surface area (TPSA) is 94.3 Å². The molecule has 0 saturated heterocycles. The molecule has 1 amide bonds. The number of amides is 1. The molecular weight excluding hydrogens is 374 g/mol. The molecule has 2 aliphatic heterocycles. The summed E-state index contributed by atoms with van der Waals surface area (Å²) in [5.74, 6) is 1.21. The van der Waals surface area contributed by atoms with Crippen molar-refractivity contribution in [3.05, 3.63) is 62.7 Å². The van der Waals surface area contributed by atoms with Gasteiger partial charge in [-0.1, -0.05) is 6.92 Å². The highest BCUT2D eigenvalue weighted by molar-refractivity contribution is 6.14. The maximum atomic E-state index is 12.5. The molecule has 4 rings (SSSR count). The number of fused-ring (bicyclic) bond motifs is 2. The van der Waals surface area contributed by atoms with Crippen LogP contribution in [0.3, 0.4) is 0 Å². The fourth-order valence-electron chi connectivity index (χ4n) is 3.72. The summed E-state index contributed by atoms with van der Waals surface area (Å²) >= 11 is 0. The van der Waals surface area contributed by atoms with Crippen molar-refractivity contribution in [3.8, 4) is 11.5 Å². The molecular formula is C21H21N3O5. The molecule has 0 aliphatic carbocycles. The number of nitrogens with zero attached hydrogens (tertiary/aromatic N) is 3. The number of aryl methyl sites for hydroxylation is 1. The summed E-state index contributed by atoms with van der Waals surface area (Å²) in [6.45, 7) is 5.61. The minimum atomic E-state index is -0.408. The summed E-state index contributed by atoms with van der Waals surface area (Å²) in [6.07, 6.45) is 0.941. The molecule has 2 aromatic rings. The van der Waals surface area contributed by atoms with E-state index >= 15 is 0 Å². The highest BCUT2D eigenvalue weighted by Crippen LogP contribution is 2.38. The van der Waals surface area contributed by atoms with Crippen LogP contribution in [0.25, 0.3) is 0 Å². The second-order valence-corrected chi connectivity index (χ2v) is 7.21.